The van der Waals surface area contributed by atoms with Crippen molar-refractivity contribution in [3.63, 3.8) is 0 Å². The van der Waals surface area contributed by atoms with Gasteiger partial charge in [-0.3, -0.25) is 0 Å². The van der Waals surface area contributed by atoms with Crippen molar-refractivity contribution in [1.29, 1.82) is 0 Å². The molecule has 0 atom stereocenters. The van der Waals surface area contributed by atoms with Crippen molar-refractivity contribution in [2.24, 2.45) is 0 Å². The van der Waals surface area contributed by atoms with Crippen molar-refractivity contribution < 1.29 is 9.52 Å². The molecule has 1 radical (unpaired) electrons. The first-order valence-electron chi connectivity index (χ1n) is 2.71. The average molecular weight is 126 g/mol. The van der Waals surface area contributed by atoms with Crippen molar-refractivity contribution in [3.8, 4) is 0 Å². The molecule has 0 bridgehead atoms. The van der Waals surface area contributed by atoms with Crippen LogP contribution in [0.1, 0.15) is 19.7 Å². The van der Waals surface area contributed by atoms with Gasteiger partial charge in [0, 0.05) is 0 Å². The minimum Gasteiger partial charge on any atom is -0.446 e. The largest absolute Gasteiger partial charge is 0.446 e. The summed E-state index contributed by atoms with van der Waals surface area (Å²) in [5.41, 5.74) is -1.20. The standard InChI is InChI=1S/C6H8NO2/c1-6(2,8)5-7-3-4-9-5/h3-4H,1-2H3. The Kier molecular flexibility index (Phi) is 1.29. The first-order valence-corrected chi connectivity index (χ1v) is 2.71. The predicted molar refractivity (Wildman–Crippen MR) is 30.2 cm³/mol. The fraction of sp³-hybridized carbons (Fsp3) is 0.500. The second kappa shape index (κ2) is 1.84. The highest BCUT2D eigenvalue weighted by atomic mass is 16.4. The molecule has 1 aromatic rings. The third-order valence-electron chi connectivity index (χ3n) is 0.947. The Bertz CT molecular complexity index is 173. The molecule has 0 aromatic carbocycles. The van der Waals surface area contributed by atoms with E-state index in [1.807, 2.05) is 0 Å². The highest BCUT2D eigenvalue weighted by Gasteiger charge is 2.22. The molecule has 0 aliphatic rings. The second-order valence-electron chi connectivity index (χ2n) is 2.35. The molecule has 49 valence electrons. The van der Waals surface area contributed by atoms with Crippen LogP contribution >= 0.6 is 0 Å². The lowest BCUT2D eigenvalue weighted by molar-refractivity contribution is -0.0231. The minimum absolute atomic E-state index is 0.238. The molecule has 0 saturated carbocycles. The molecular formula is C6H8NO2. The molecule has 1 heterocycles. The van der Waals surface area contributed by atoms with E-state index in [1.54, 1.807) is 0 Å². The molecule has 3 heteroatoms. The quantitative estimate of drug-likeness (QED) is 0.570. The summed E-state index contributed by atoms with van der Waals surface area (Å²) in [6.45, 7) is 3.03. The second-order valence-corrected chi connectivity index (χ2v) is 2.35. The summed E-state index contributed by atoms with van der Waals surface area (Å²) in [4.78, 5) is 3.71. The highest BCUT2D eigenvalue weighted by molar-refractivity contribution is 4.90. The average Bonchev–Trinajstić information content (AvgIpc) is 2.08. The Balaban J connectivity index is 2.90. The summed E-state index contributed by atoms with van der Waals surface area (Å²) in [5, 5.41) is 11.0. The number of hydrogen-bond donors (Lipinski definition) is 0. The minimum atomic E-state index is -1.20. The van der Waals surface area contributed by atoms with Gasteiger partial charge in [-0.05, 0) is 13.8 Å². The molecule has 0 fully saturated rings. The van der Waals surface area contributed by atoms with Crippen LogP contribution in [0, 0.1) is 0 Å². The van der Waals surface area contributed by atoms with E-state index in [9.17, 15) is 5.11 Å². The van der Waals surface area contributed by atoms with Gasteiger partial charge in [-0.2, -0.15) is 0 Å². The number of hydrogen-bond acceptors (Lipinski definition) is 2. The van der Waals surface area contributed by atoms with Crippen molar-refractivity contribution in [2.75, 3.05) is 0 Å². The maximum Gasteiger partial charge on any atom is 0.229 e. The summed E-state index contributed by atoms with van der Waals surface area (Å²) < 4.78 is 4.77. The molecule has 0 amide bonds. The Morgan fingerprint density at radius 3 is 2.56 bits per heavy atom. The lowest BCUT2D eigenvalue weighted by atomic mass is 10.1. The van der Waals surface area contributed by atoms with Crippen LogP contribution in [0.15, 0.2) is 16.9 Å². The molecule has 3 nitrogen and oxygen atoms in total. The van der Waals surface area contributed by atoms with Gasteiger partial charge >= 0.3 is 0 Å². The van der Waals surface area contributed by atoms with Gasteiger partial charge in [0.05, 0.1) is 6.20 Å². The third-order valence-corrected chi connectivity index (χ3v) is 0.947. The maximum absolute atomic E-state index is 11.0. The van der Waals surface area contributed by atoms with Crippen LogP contribution < -0.4 is 0 Å². The van der Waals surface area contributed by atoms with Gasteiger partial charge < -0.3 is 4.42 Å². The highest BCUT2D eigenvalue weighted by Crippen LogP contribution is 2.16. The lowest BCUT2D eigenvalue weighted by Gasteiger charge is -2.06. The van der Waals surface area contributed by atoms with E-state index < -0.39 is 5.60 Å². The van der Waals surface area contributed by atoms with E-state index in [4.69, 9.17) is 4.42 Å². The van der Waals surface area contributed by atoms with E-state index in [2.05, 4.69) is 4.98 Å². The van der Waals surface area contributed by atoms with Gasteiger partial charge in [0.25, 0.3) is 0 Å². The lowest BCUT2D eigenvalue weighted by Crippen LogP contribution is -2.13. The molecular weight excluding hydrogens is 118 g/mol. The van der Waals surface area contributed by atoms with Gasteiger partial charge in [-0.25, -0.2) is 10.1 Å². The Morgan fingerprint density at radius 2 is 2.33 bits per heavy atom. The van der Waals surface area contributed by atoms with Crippen molar-refractivity contribution in [1.82, 2.24) is 4.98 Å². The number of rotatable bonds is 1. The first-order chi connectivity index (χ1) is 4.11. The van der Waals surface area contributed by atoms with E-state index in [1.165, 1.54) is 26.3 Å². The zero-order chi connectivity index (χ0) is 6.91. The van der Waals surface area contributed by atoms with Crippen molar-refractivity contribution in [3.05, 3.63) is 18.4 Å². The van der Waals surface area contributed by atoms with E-state index in [-0.39, 0.29) is 5.89 Å². The van der Waals surface area contributed by atoms with E-state index in [0.717, 1.165) is 0 Å². The predicted octanol–water partition coefficient (Wildman–Crippen LogP) is 1.34. The molecule has 0 aliphatic heterocycles. The van der Waals surface area contributed by atoms with Crippen LogP contribution in [0.25, 0.3) is 0 Å². The number of aromatic nitrogens is 1. The van der Waals surface area contributed by atoms with Crippen LogP contribution in [-0.4, -0.2) is 4.98 Å². The Labute approximate surface area is 53.3 Å². The van der Waals surface area contributed by atoms with Crippen molar-refractivity contribution in [2.45, 2.75) is 19.4 Å². The Morgan fingerprint density at radius 1 is 1.67 bits per heavy atom. The van der Waals surface area contributed by atoms with E-state index in [0.29, 0.717) is 0 Å². The molecule has 0 spiro atoms. The van der Waals surface area contributed by atoms with Gasteiger partial charge in [-0.15, -0.1) is 0 Å². The molecule has 0 saturated heterocycles. The van der Waals surface area contributed by atoms with Gasteiger partial charge in [0.1, 0.15) is 6.26 Å². The molecule has 1 aromatic heterocycles. The normalized spacial score (nSPS) is 11.9. The summed E-state index contributed by atoms with van der Waals surface area (Å²) in [6, 6.07) is 0. The summed E-state index contributed by atoms with van der Waals surface area (Å²) >= 11 is 0. The van der Waals surface area contributed by atoms with Crippen molar-refractivity contribution >= 4 is 0 Å². The first kappa shape index (κ1) is 6.29. The monoisotopic (exact) mass is 126 g/mol. The molecule has 9 heavy (non-hydrogen) atoms. The zero-order valence-electron chi connectivity index (χ0n) is 5.42. The topological polar surface area (TPSA) is 45.9 Å². The molecule has 0 N–H and O–H groups in total. The maximum atomic E-state index is 11.0. The third kappa shape index (κ3) is 1.29. The number of oxazole rings is 1. The SMILES string of the molecule is CC(C)([O])c1ncco1. The van der Waals surface area contributed by atoms with E-state index >= 15 is 0 Å². The molecule has 1 rings (SSSR count). The fourth-order valence-corrected chi connectivity index (χ4v) is 0.521. The summed E-state index contributed by atoms with van der Waals surface area (Å²) in [7, 11) is 0. The summed E-state index contributed by atoms with van der Waals surface area (Å²) in [6.07, 6.45) is 2.87. The van der Waals surface area contributed by atoms with Crippen LogP contribution in [0.5, 0.6) is 0 Å². The van der Waals surface area contributed by atoms with Gasteiger partial charge in [0.2, 0.25) is 5.89 Å². The molecule has 0 unspecified atom stereocenters. The number of nitrogens with zero attached hydrogens (tertiary/aromatic N) is 1. The van der Waals surface area contributed by atoms with Gasteiger partial charge in [-0.1, -0.05) is 0 Å². The smallest absolute Gasteiger partial charge is 0.229 e. The fourth-order valence-electron chi connectivity index (χ4n) is 0.521. The molecule has 0 aliphatic carbocycles. The van der Waals surface area contributed by atoms with Gasteiger partial charge in [0.15, 0.2) is 5.60 Å². The van der Waals surface area contributed by atoms with Crippen LogP contribution in [0.3, 0.4) is 0 Å². The van der Waals surface area contributed by atoms with Crippen LogP contribution in [0.4, 0.5) is 0 Å². The zero-order valence-corrected chi connectivity index (χ0v) is 5.42. The van der Waals surface area contributed by atoms with Crippen LogP contribution in [-0.2, 0) is 10.7 Å². The van der Waals surface area contributed by atoms with Crippen LogP contribution in [0.2, 0.25) is 0 Å². The summed E-state index contributed by atoms with van der Waals surface area (Å²) in [5.74, 6) is 0.238. The Hall–Kier alpha value is -0.830.